The zero-order valence-electron chi connectivity index (χ0n) is 12.5. The summed E-state index contributed by atoms with van der Waals surface area (Å²) >= 11 is 0. The Hall–Kier alpha value is -1.09. The van der Waals surface area contributed by atoms with E-state index in [9.17, 15) is 0 Å². The highest BCUT2D eigenvalue weighted by Gasteiger charge is 2.27. The van der Waals surface area contributed by atoms with Gasteiger partial charge in [0.05, 0.1) is 0 Å². The molecule has 1 saturated heterocycles. The fourth-order valence-corrected chi connectivity index (χ4v) is 2.87. The van der Waals surface area contributed by atoms with E-state index in [1.807, 2.05) is 0 Å². The highest BCUT2D eigenvalue weighted by Crippen LogP contribution is 2.33. The number of rotatable bonds is 6. The first-order valence-electron chi connectivity index (χ1n) is 7.68. The first kappa shape index (κ1) is 14.3. The largest absolute Gasteiger partial charge is 0.370 e. The van der Waals surface area contributed by atoms with Gasteiger partial charge in [-0.15, -0.1) is 0 Å². The van der Waals surface area contributed by atoms with Crippen molar-refractivity contribution < 1.29 is 0 Å². The van der Waals surface area contributed by atoms with Crippen molar-refractivity contribution in [1.29, 1.82) is 0 Å². The van der Waals surface area contributed by atoms with E-state index in [0.717, 1.165) is 12.4 Å². The predicted molar refractivity (Wildman–Crippen MR) is 81.5 cm³/mol. The lowest BCUT2D eigenvalue weighted by atomic mass is 10.1. The van der Waals surface area contributed by atoms with Crippen molar-refractivity contribution in [1.82, 2.24) is 9.88 Å². The summed E-state index contributed by atoms with van der Waals surface area (Å²) in [6, 6.07) is 5.56. The van der Waals surface area contributed by atoms with Crippen molar-refractivity contribution in [3.8, 4) is 0 Å². The summed E-state index contributed by atoms with van der Waals surface area (Å²) in [7, 11) is 0. The van der Waals surface area contributed by atoms with E-state index in [0.29, 0.717) is 12.1 Å². The first-order valence-corrected chi connectivity index (χ1v) is 7.68. The molecule has 0 amide bonds. The first-order chi connectivity index (χ1) is 9.22. The van der Waals surface area contributed by atoms with Gasteiger partial charge in [-0.25, -0.2) is 4.98 Å². The highest BCUT2D eigenvalue weighted by molar-refractivity contribution is 5.36. The van der Waals surface area contributed by atoms with Crippen LogP contribution in [0.15, 0.2) is 18.3 Å². The lowest BCUT2D eigenvalue weighted by molar-refractivity contribution is 0.205. The average molecular weight is 261 g/mol. The van der Waals surface area contributed by atoms with E-state index >= 15 is 0 Å². The highest BCUT2D eigenvalue weighted by atomic mass is 15.2. The van der Waals surface area contributed by atoms with E-state index in [1.54, 1.807) is 0 Å². The van der Waals surface area contributed by atoms with E-state index in [2.05, 4.69) is 54.3 Å². The fraction of sp³-hybridized carbons (Fsp3) is 0.688. The lowest BCUT2D eigenvalue weighted by Gasteiger charge is -2.28. The molecule has 1 atom stereocenters. The molecule has 2 heterocycles. The maximum atomic E-state index is 4.55. The van der Waals surface area contributed by atoms with Crippen LogP contribution < -0.4 is 5.32 Å². The molecule has 1 fully saturated rings. The summed E-state index contributed by atoms with van der Waals surface area (Å²) in [6.07, 6.45) is 7.05. The molecule has 0 bridgehead atoms. The number of anilines is 1. The Morgan fingerprint density at radius 1 is 1.42 bits per heavy atom. The molecule has 0 aromatic carbocycles. The van der Waals surface area contributed by atoms with Crippen LogP contribution in [0.1, 0.15) is 58.1 Å². The van der Waals surface area contributed by atoms with Crippen molar-refractivity contribution >= 4 is 5.82 Å². The summed E-state index contributed by atoms with van der Waals surface area (Å²) in [5, 5.41) is 3.37. The van der Waals surface area contributed by atoms with Crippen LogP contribution in [-0.4, -0.2) is 29.0 Å². The van der Waals surface area contributed by atoms with Gasteiger partial charge >= 0.3 is 0 Å². The van der Waals surface area contributed by atoms with Gasteiger partial charge in [-0.3, -0.25) is 4.90 Å². The van der Waals surface area contributed by atoms with Gasteiger partial charge in [0.25, 0.3) is 0 Å². The normalized spacial score (nSPS) is 20.1. The van der Waals surface area contributed by atoms with Gasteiger partial charge < -0.3 is 5.32 Å². The molecule has 1 N–H and O–H groups in total. The Bertz CT molecular complexity index is 372. The molecule has 19 heavy (non-hydrogen) atoms. The third-order valence-electron chi connectivity index (χ3n) is 3.97. The number of pyridine rings is 1. The maximum absolute atomic E-state index is 4.55. The molecule has 3 heteroatoms. The van der Waals surface area contributed by atoms with E-state index < -0.39 is 0 Å². The van der Waals surface area contributed by atoms with Crippen LogP contribution in [-0.2, 0) is 0 Å². The number of unbranched alkanes of at least 4 members (excludes halogenated alkanes) is 1. The van der Waals surface area contributed by atoms with Crippen molar-refractivity contribution in [3.05, 3.63) is 23.9 Å². The second-order valence-electron chi connectivity index (χ2n) is 5.75. The van der Waals surface area contributed by atoms with Crippen molar-refractivity contribution in [2.45, 2.75) is 58.5 Å². The van der Waals surface area contributed by atoms with E-state index in [1.165, 1.54) is 37.8 Å². The van der Waals surface area contributed by atoms with Gasteiger partial charge in [-0.1, -0.05) is 19.4 Å². The predicted octanol–water partition coefficient (Wildman–Crippen LogP) is 3.84. The van der Waals surface area contributed by atoms with Crippen LogP contribution in [0.5, 0.6) is 0 Å². The zero-order valence-corrected chi connectivity index (χ0v) is 12.5. The summed E-state index contributed by atoms with van der Waals surface area (Å²) in [5.41, 5.74) is 1.37. The minimum absolute atomic E-state index is 0.567. The smallest absolute Gasteiger partial charge is 0.125 e. The minimum Gasteiger partial charge on any atom is -0.370 e. The molecule has 0 saturated carbocycles. The zero-order chi connectivity index (χ0) is 13.7. The topological polar surface area (TPSA) is 28.2 Å². The van der Waals surface area contributed by atoms with Crippen molar-refractivity contribution in [2.24, 2.45) is 0 Å². The van der Waals surface area contributed by atoms with E-state index in [-0.39, 0.29) is 0 Å². The second kappa shape index (κ2) is 6.90. The van der Waals surface area contributed by atoms with Crippen LogP contribution in [0.25, 0.3) is 0 Å². The SMILES string of the molecule is CCCCNc1ccc([C@H]2CCCN2C(C)C)cn1. The molecule has 0 spiro atoms. The molecular formula is C16H27N3. The summed E-state index contributed by atoms with van der Waals surface area (Å²) in [6.45, 7) is 9.01. The van der Waals surface area contributed by atoms with Gasteiger partial charge in [-0.2, -0.15) is 0 Å². The molecule has 3 nitrogen and oxygen atoms in total. The Morgan fingerprint density at radius 3 is 2.89 bits per heavy atom. The van der Waals surface area contributed by atoms with Crippen LogP contribution in [0.3, 0.4) is 0 Å². The third kappa shape index (κ3) is 3.69. The maximum Gasteiger partial charge on any atom is 0.125 e. The lowest BCUT2D eigenvalue weighted by Crippen LogP contribution is -2.30. The van der Waals surface area contributed by atoms with Gasteiger partial charge in [0.1, 0.15) is 5.82 Å². The third-order valence-corrected chi connectivity index (χ3v) is 3.97. The minimum atomic E-state index is 0.567. The molecule has 1 aromatic rings. The molecule has 0 aliphatic carbocycles. The van der Waals surface area contributed by atoms with Crippen molar-refractivity contribution in [2.75, 3.05) is 18.4 Å². The number of nitrogens with one attached hydrogen (secondary N) is 1. The molecule has 1 aliphatic heterocycles. The quantitative estimate of drug-likeness (QED) is 0.789. The Kier molecular flexibility index (Phi) is 5.20. The molecule has 1 aromatic heterocycles. The molecule has 0 unspecified atom stereocenters. The summed E-state index contributed by atoms with van der Waals surface area (Å²) in [5.74, 6) is 1.01. The molecule has 1 aliphatic rings. The number of likely N-dealkylation sites (tertiary alicyclic amines) is 1. The second-order valence-corrected chi connectivity index (χ2v) is 5.75. The Balaban J connectivity index is 1.97. The molecule has 106 valence electrons. The average Bonchev–Trinajstić information content (AvgIpc) is 2.89. The fourth-order valence-electron chi connectivity index (χ4n) is 2.87. The van der Waals surface area contributed by atoms with Crippen LogP contribution in [0.2, 0.25) is 0 Å². The number of hydrogen-bond donors (Lipinski definition) is 1. The number of hydrogen-bond acceptors (Lipinski definition) is 3. The summed E-state index contributed by atoms with van der Waals surface area (Å²) in [4.78, 5) is 7.14. The standard InChI is InChI=1S/C16H27N3/c1-4-5-10-17-16-9-8-14(12-18-16)15-7-6-11-19(15)13(2)3/h8-9,12-13,15H,4-7,10-11H2,1-3H3,(H,17,18)/t15-/m1/s1. The monoisotopic (exact) mass is 261 g/mol. The Morgan fingerprint density at radius 2 is 2.26 bits per heavy atom. The molecule has 0 radical (unpaired) electrons. The molecule has 2 rings (SSSR count). The molecular weight excluding hydrogens is 234 g/mol. The van der Waals surface area contributed by atoms with Gasteiger partial charge in [0.15, 0.2) is 0 Å². The summed E-state index contributed by atoms with van der Waals surface area (Å²) < 4.78 is 0. The van der Waals surface area contributed by atoms with Gasteiger partial charge in [0, 0.05) is 24.8 Å². The van der Waals surface area contributed by atoms with Gasteiger partial charge in [0.2, 0.25) is 0 Å². The van der Waals surface area contributed by atoms with Crippen LogP contribution in [0, 0.1) is 0 Å². The number of aromatic nitrogens is 1. The van der Waals surface area contributed by atoms with Crippen molar-refractivity contribution in [3.63, 3.8) is 0 Å². The van der Waals surface area contributed by atoms with E-state index in [4.69, 9.17) is 0 Å². The van der Waals surface area contributed by atoms with Gasteiger partial charge in [-0.05, 0) is 51.3 Å². The van der Waals surface area contributed by atoms with Crippen LogP contribution in [0.4, 0.5) is 5.82 Å². The van der Waals surface area contributed by atoms with Crippen LogP contribution >= 0.6 is 0 Å². The Labute approximate surface area is 117 Å². The number of nitrogens with zero attached hydrogens (tertiary/aromatic N) is 2.